The molecule has 0 amide bonds. The van der Waals surface area contributed by atoms with Gasteiger partial charge in [-0.25, -0.2) is 4.79 Å². The molecule has 0 saturated carbocycles. The number of nitrogens with one attached hydrogen (secondary N) is 1. The van der Waals surface area contributed by atoms with Gasteiger partial charge in [0.05, 0.1) is 11.8 Å². The Morgan fingerprint density at radius 1 is 1.37 bits per heavy atom. The van der Waals surface area contributed by atoms with Gasteiger partial charge in [-0.3, -0.25) is 9.59 Å². The molecule has 19 heavy (non-hydrogen) atoms. The summed E-state index contributed by atoms with van der Waals surface area (Å²) in [6, 6.07) is 2.59. The van der Waals surface area contributed by atoms with E-state index in [4.69, 9.17) is 9.52 Å². The lowest BCUT2D eigenvalue weighted by atomic mass is 10.0. The van der Waals surface area contributed by atoms with E-state index in [0.29, 0.717) is 17.7 Å². The van der Waals surface area contributed by atoms with E-state index in [9.17, 15) is 14.4 Å². The zero-order chi connectivity index (χ0) is 14.0. The molecule has 2 N–H and O–H groups in total. The van der Waals surface area contributed by atoms with E-state index in [2.05, 4.69) is 4.98 Å². The molecule has 2 aromatic heterocycles. The monoisotopic (exact) mass is 261 g/mol. The van der Waals surface area contributed by atoms with Crippen molar-refractivity contribution >= 4 is 11.8 Å². The first-order valence-corrected chi connectivity index (χ1v) is 5.61. The van der Waals surface area contributed by atoms with Crippen LogP contribution in [-0.2, 0) is 6.42 Å². The highest BCUT2D eigenvalue weighted by Gasteiger charge is 2.19. The predicted octanol–water partition coefficient (Wildman–Crippen LogP) is 1.46. The summed E-state index contributed by atoms with van der Waals surface area (Å²) >= 11 is 0. The van der Waals surface area contributed by atoms with Crippen molar-refractivity contribution < 1.29 is 19.1 Å². The van der Waals surface area contributed by atoms with E-state index < -0.39 is 17.1 Å². The zero-order valence-electron chi connectivity index (χ0n) is 10.1. The van der Waals surface area contributed by atoms with E-state index in [-0.39, 0.29) is 11.3 Å². The number of furan rings is 1. The fraction of sp³-hybridized carbons (Fsp3) is 0.154. The average molecular weight is 261 g/mol. The smallest absolute Gasteiger partial charge is 0.341 e. The molecule has 98 valence electrons. The van der Waals surface area contributed by atoms with Crippen molar-refractivity contribution in [3.8, 4) is 0 Å². The Bertz CT molecular complexity index is 682. The molecule has 0 aromatic carbocycles. The number of carbonyl (C=O) groups excluding carboxylic acids is 1. The molecule has 0 bridgehead atoms. The largest absolute Gasteiger partial charge is 0.477 e. The van der Waals surface area contributed by atoms with Crippen LogP contribution in [0.15, 0.2) is 33.9 Å². The highest BCUT2D eigenvalue weighted by atomic mass is 16.4. The molecule has 0 aliphatic rings. The molecule has 2 aromatic rings. The Hall–Kier alpha value is -2.63. The highest BCUT2D eigenvalue weighted by molar-refractivity contribution is 6.10. The summed E-state index contributed by atoms with van der Waals surface area (Å²) in [7, 11) is 0. The fourth-order valence-corrected chi connectivity index (χ4v) is 1.76. The van der Waals surface area contributed by atoms with Crippen LogP contribution in [0.5, 0.6) is 0 Å². The van der Waals surface area contributed by atoms with E-state index in [1.807, 2.05) is 0 Å². The molecule has 6 heteroatoms. The first kappa shape index (κ1) is 12.8. The highest BCUT2D eigenvalue weighted by Crippen LogP contribution is 2.14. The number of pyridine rings is 1. The van der Waals surface area contributed by atoms with Crippen molar-refractivity contribution in [3.05, 3.63) is 57.4 Å². The molecular weight excluding hydrogens is 250 g/mol. The van der Waals surface area contributed by atoms with Crippen LogP contribution in [0.3, 0.4) is 0 Å². The number of aryl methyl sites for hydroxylation is 1. The Morgan fingerprint density at radius 2 is 2.11 bits per heavy atom. The van der Waals surface area contributed by atoms with Crippen molar-refractivity contribution in [3.63, 3.8) is 0 Å². The van der Waals surface area contributed by atoms with Crippen LogP contribution < -0.4 is 5.56 Å². The van der Waals surface area contributed by atoms with Crippen molar-refractivity contribution in [2.45, 2.75) is 13.3 Å². The van der Waals surface area contributed by atoms with Gasteiger partial charge in [-0.1, -0.05) is 6.92 Å². The Kier molecular flexibility index (Phi) is 3.33. The summed E-state index contributed by atoms with van der Waals surface area (Å²) in [5.74, 6) is -1.76. The average Bonchev–Trinajstić information content (AvgIpc) is 2.90. The fourth-order valence-electron chi connectivity index (χ4n) is 1.76. The van der Waals surface area contributed by atoms with Crippen molar-refractivity contribution in [2.24, 2.45) is 0 Å². The lowest BCUT2D eigenvalue weighted by Crippen LogP contribution is -2.22. The van der Waals surface area contributed by atoms with Gasteiger partial charge in [-0.05, 0) is 18.6 Å². The second kappa shape index (κ2) is 4.93. The first-order valence-electron chi connectivity index (χ1n) is 5.61. The number of rotatable bonds is 4. The maximum Gasteiger partial charge on any atom is 0.341 e. The first-order chi connectivity index (χ1) is 9.04. The van der Waals surface area contributed by atoms with Gasteiger partial charge in [0.15, 0.2) is 5.78 Å². The molecule has 0 radical (unpaired) electrons. The summed E-state index contributed by atoms with van der Waals surface area (Å²) in [4.78, 5) is 37.1. The SMILES string of the molecule is CCc1[nH]c(=O)c(C(=O)O)cc1C(=O)c1ccoc1. The number of carboxylic acids is 1. The second-order valence-electron chi connectivity index (χ2n) is 3.90. The summed E-state index contributed by atoms with van der Waals surface area (Å²) in [6.07, 6.45) is 3.03. The van der Waals surface area contributed by atoms with Crippen molar-refractivity contribution in [2.75, 3.05) is 0 Å². The minimum atomic E-state index is -1.37. The molecule has 6 nitrogen and oxygen atoms in total. The number of hydrogen-bond acceptors (Lipinski definition) is 4. The van der Waals surface area contributed by atoms with Gasteiger partial charge in [-0.2, -0.15) is 0 Å². The number of aromatic amines is 1. The minimum absolute atomic E-state index is 0.168. The number of aromatic nitrogens is 1. The van der Waals surface area contributed by atoms with Crippen molar-refractivity contribution in [1.29, 1.82) is 0 Å². The normalized spacial score (nSPS) is 10.4. The molecule has 0 fully saturated rings. The number of ketones is 1. The third-order valence-electron chi connectivity index (χ3n) is 2.73. The van der Waals surface area contributed by atoms with E-state index in [0.717, 1.165) is 6.07 Å². The van der Waals surface area contributed by atoms with Crippen LogP contribution in [0.2, 0.25) is 0 Å². The minimum Gasteiger partial charge on any atom is -0.477 e. The molecule has 0 aliphatic heterocycles. The van der Waals surface area contributed by atoms with Crippen LogP contribution in [0.1, 0.15) is 38.9 Å². The molecule has 2 rings (SSSR count). The van der Waals surface area contributed by atoms with E-state index in [1.54, 1.807) is 6.92 Å². The number of carboxylic acid groups (broad SMARTS) is 1. The molecule has 0 spiro atoms. The third kappa shape index (κ3) is 2.33. The lowest BCUT2D eigenvalue weighted by Gasteiger charge is -2.06. The van der Waals surface area contributed by atoms with Crippen LogP contribution in [0.25, 0.3) is 0 Å². The van der Waals surface area contributed by atoms with Gasteiger partial charge in [0.25, 0.3) is 5.56 Å². The third-order valence-corrected chi connectivity index (χ3v) is 2.73. The summed E-state index contributed by atoms with van der Waals surface area (Å²) < 4.78 is 4.82. The molecule has 0 unspecified atom stereocenters. The molecule has 2 heterocycles. The van der Waals surface area contributed by atoms with Crippen molar-refractivity contribution in [1.82, 2.24) is 4.98 Å². The molecule has 0 saturated heterocycles. The number of aromatic carboxylic acids is 1. The topological polar surface area (TPSA) is 100 Å². The van der Waals surface area contributed by atoms with E-state index >= 15 is 0 Å². The number of carbonyl (C=O) groups is 2. The van der Waals surface area contributed by atoms with Gasteiger partial charge in [-0.15, -0.1) is 0 Å². The standard InChI is InChI=1S/C13H11NO5/c1-2-10-8(11(15)7-3-4-19-6-7)5-9(13(17)18)12(16)14-10/h3-6H,2H2,1H3,(H,14,16)(H,17,18). The van der Waals surface area contributed by atoms with Gasteiger partial charge in [0.1, 0.15) is 11.8 Å². The van der Waals surface area contributed by atoms with E-state index in [1.165, 1.54) is 18.6 Å². The van der Waals surface area contributed by atoms with Crippen LogP contribution in [-0.4, -0.2) is 21.8 Å². The Balaban J connectivity index is 2.61. The lowest BCUT2D eigenvalue weighted by molar-refractivity contribution is 0.0695. The molecular formula is C13H11NO5. The summed E-state index contributed by atoms with van der Waals surface area (Å²) in [5, 5.41) is 8.92. The summed E-state index contributed by atoms with van der Waals surface area (Å²) in [6.45, 7) is 1.76. The number of hydrogen-bond donors (Lipinski definition) is 2. The zero-order valence-corrected chi connectivity index (χ0v) is 10.1. The Morgan fingerprint density at radius 3 is 2.63 bits per heavy atom. The van der Waals surface area contributed by atoms with Crippen LogP contribution in [0.4, 0.5) is 0 Å². The number of H-pyrrole nitrogens is 1. The van der Waals surface area contributed by atoms with Gasteiger partial charge in [0.2, 0.25) is 0 Å². The Labute approximate surface area is 107 Å². The molecule has 0 atom stereocenters. The molecule has 0 aliphatic carbocycles. The van der Waals surface area contributed by atoms with Gasteiger partial charge < -0.3 is 14.5 Å². The van der Waals surface area contributed by atoms with Gasteiger partial charge in [0, 0.05) is 11.3 Å². The van der Waals surface area contributed by atoms with Crippen LogP contribution in [0, 0.1) is 0 Å². The maximum atomic E-state index is 12.2. The maximum absolute atomic E-state index is 12.2. The van der Waals surface area contributed by atoms with Gasteiger partial charge >= 0.3 is 5.97 Å². The predicted molar refractivity (Wildman–Crippen MR) is 65.5 cm³/mol. The second-order valence-corrected chi connectivity index (χ2v) is 3.90. The summed E-state index contributed by atoms with van der Waals surface area (Å²) in [5.41, 5.74) is -0.294. The van der Waals surface area contributed by atoms with Crippen LogP contribution >= 0.6 is 0 Å². The quantitative estimate of drug-likeness (QED) is 0.811.